The lowest BCUT2D eigenvalue weighted by molar-refractivity contribution is -0.141. The summed E-state index contributed by atoms with van der Waals surface area (Å²) in [4.78, 5) is 24.8. The standard InChI is InChI=1S/C16H16F3NO3/c17-16(18,19)11-3-1-2-9(6-11)12-7-13(12)14(21)20-5-4-10(8-20)15(22)23/h1-3,6,10,12-13H,4-5,7-8H2,(H,22,23)/t10-,12-,13+/m1/s1. The van der Waals surface area contributed by atoms with Crippen molar-refractivity contribution in [2.24, 2.45) is 11.8 Å². The summed E-state index contributed by atoms with van der Waals surface area (Å²) in [5.74, 6) is -2.12. The van der Waals surface area contributed by atoms with Crippen molar-refractivity contribution in [3.63, 3.8) is 0 Å². The molecule has 7 heteroatoms. The van der Waals surface area contributed by atoms with E-state index >= 15 is 0 Å². The van der Waals surface area contributed by atoms with Gasteiger partial charge in [0.25, 0.3) is 0 Å². The van der Waals surface area contributed by atoms with Gasteiger partial charge in [0.05, 0.1) is 11.5 Å². The maximum absolute atomic E-state index is 12.7. The molecular formula is C16H16F3NO3. The topological polar surface area (TPSA) is 57.6 Å². The number of carboxylic acids is 1. The highest BCUT2D eigenvalue weighted by Crippen LogP contribution is 2.49. The van der Waals surface area contributed by atoms with Crippen LogP contribution in [0, 0.1) is 11.8 Å². The number of benzene rings is 1. The molecular weight excluding hydrogens is 311 g/mol. The highest BCUT2D eigenvalue weighted by atomic mass is 19.4. The molecule has 0 bridgehead atoms. The van der Waals surface area contributed by atoms with Crippen LogP contribution in [0.4, 0.5) is 13.2 Å². The minimum atomic E-state index is -4.39. The van der Waals surface area contributed by atoms with Crippen LogP contribution in [-0.2, 0) is 15.8 Å². The molecule has 0 spiro atoms. The summed E-state index contributed by atoms with van der Waals surface area (Å²) in [6, 6.07) is 5.08. The van der Waals surface area contributed by atoms with Crippen molar-refractivity contribution in [3.8, 4) is 0 Å². The zero-order valence-corrected chi connectivity index (χ0v) is 12.2. The van der Waals surface area contributed by atoms with Crippen molar-refractivity contribution in [2.75, 3.05) is 13.1 Å². The molecule has 0 unspecified atom stereocenters. The maximum atomic E-state index is 12.7. The van der Waals surface area contributed by atoms with Gasteiger partial charge >= 0.3 is 12.1 Å². The Hall–Kier alpha value is -2.05. The van der Waals surface area contributed by atoms with Crippen LogP contribution >= 0.6 is 0 Å². The van der Waals surface area contributed by atoms with Crippen LogP contribution in [0.2, 0.25) is 0 Å². The summed E-state index contributed by atoms with van der Waals surface area (Å²) in [7, 11) is 0. The number of hydrogen-bond acceptors (Lipinski definition) is 2. The fourth-order valence-electron chi connectivity index (χ4n) is 3.18. The first-order valence-electron chi connectivity index (χ1n) is 7.46. The molecule has 1 saturated heterocycles. The Labute approximate surface area is 130 Å². The molecule has 1 amide bonds. The molecule has 124 valence electrons. The number of carbonyl (C=O) groups is 2. The molecule has 3 rings (SSSR count). The van der Waals surface area contributed by atoms with E-state index in [0.717, 1.165) is 12.1 Å². The number of aliphatic carboxylic acids is 1. The van der Waals surface area contributed by atoms with Crippen LogP contribution in [0.15, 0.2) is 24.3 Å². The number of likely N-dealkylation sites (tertiary alicyclic amines) is 1. The predicted molar refractivity (Wildman–Crippen MR) is 74.6 cm³/mol. The number of amides is 1. The van der Waals surface area contributed by atoms with Crippen LogP contribution < -0.4 is 0 Å². The van der Waals surface area contributed by atoms with E-state index in [1.54, 1.807) is 6.07 Å². The molecule has 2 aliphatic rings. The van der Waals surface area contributed by atoms with Gasteiger partial charge in [-0.25, -0.2) is 0 Å². The van der Waals surface area contributed by atoms with E-state index in [-0.39, 0.29) is 24.3 Å². The van der Waals surface area contributed by atoms with Gasteiger partial charge in [0.15, 0.2) is 0 Å². The van der Waals surface area contributed by atoms with Gasteiger partial charge in [-0.15, -0.1) is 0 Å². The third-order valence-electron chi connectivity index (χ3n) is 4.60. The van der Waals surface area contributed by atoms with Crippen LogP contribution in [0.3, 0.4) is 0 Å². The second kappa shape index (κ2) is 5.54. The van der Waals surface area contributed by atoms with Crippen molar-refractivity contribution in [2.45, 2.75) is 24.9 Å². The van der Waals surface area contributed by atoms with E-state index in [0.29, 0.717) is 24.9 Å². The lowest BCUT2D eigenvalue weighted by Crippen LogP contribution is -2.31. The number of hydrogen-bond donors (Lipinski definition) is 1. The molecule has 0 radical (unpaired) electrons. The number of carbonyl (C=O) groups excluding carboxylic acids is 1. The largest absolute Gasteiger partial charge is 0.481 e. The SMILES string of the molecule is O=C(O)[C@@H]1CCN(C(=O)[C@H]2C[C@@H]2c2cccc(C(F)(F)F)c2)C1. The molecule has 1 aromatic carbocycles. The van der Waals surface area contributed by atoms with Gasteiger partial charge in [-0.2, -0.15) is 13.2 Å². The third kappa shape index (κ3) is 3.18. The Morgan fingerprint density at radius 1 is 1.26 bits per heavy atom. The molecule has 1 saturated carbocycles. The van der Waals surface area contributed by atoms with Gasteiger partial charge in [0.2, 0.25) is 5.91 Å². The highest BCUT2D eigenvalue weighted by Gasteiger charge is 2.47. The van der Waals surface area contributed by atoms with Crippen molar-refractivity contribution in [1.82, 2.24) is 4.90 Å². The summed E-state index contributed by atoms with van der Waals surface area (Å²) in [5, 5.41) is 8.96. The molecule has 1 N–H and O–H groups in total. The minimum Gasteiger partial charge on any atom is -0.481 e. The first-order valence-corrected chi connectivity index (χ1v) is 7.46. The van der Waals surface area contributed by atoms with Crippen LogP contribution in [0.1, 0.15) is 29.9 Å². The van der Waals surface area contributed by atoms with Crippen LogP contribution in [0.25, 0.3) is 0 Å². The number of carboxylic acid groups (broad SMARTS) is 1. The normalized spacial score (nSPS) is 27.1. The lowest BCUT2D eigenvalue weighted by Gasteiger charge is -2.16. The van der Waals surface area contributed by atoms with Crippen molar-refractivity contribution >= 4 is 11.9 Å². The monoisotopic (exact) mass is 327 g/mol. The second-order valence-electron chi connectivity index (χ2n) is 6.18. The van der Waals surface area contributed by atoms with E-state index in [4.69, 9.17) is 5.11 Å². The average molecular weight is 327 g/mol. The Balaban J connectivity index is 1.66. The zero-order chi connectivity index (χ0) is 16.8. The number of halogens is 3. The van der Waals surface area contributed by atoms with E-state index in [1.807, 2.05) is 0 Å². The molecule has 4 nitrogen and oxygen atoms in total. The fraction of sp³-hybridized carbons (Fsp3) is 0.500. The van der Waals surface area contributed by atoms with Gasteiger partial charge in [0, 0.05) is 19.0 Å². The van der Waals surface area contributed by atoms with E-state index in [2.05, 4.69) is 0 Å². The Bertz CT molecular complexity index is 644. The molecule has 2 fully saturated rings. The minimum absolute atomic E-state index is 0.142. The quantitative estimate of drug-likeness (QED) is 0.929. The first kappa shape index (κ1) is 15.8. The number of nitrogens with zero attached hydrogens (tertiary/aromatic N) is 1. The average Bonchev–Trinajstić information content (AvgIpc) is 3.13. The van der Waals surface area contributed by atoms with Crippen LogP contribution in [-0.4, -0.2) is 35.0 Å². The van der Waals surface area contributed by atoms with Gasteiger partial charge in [-0.05, 0) is 30.4 Å². The number of rotatable bonds is 3. The van der Waals surface area contributed by atoms with Crippen molar-refractivity contribution < 1.29 is 27.9 Å². The highest BCUT2D eigenvalue weighted by molar-refractivity contribution is 5.84. The molecule has 1 aliphatic carbocycles. The zero-order valence-electron chi connectivity index (χ0n) is 12.2. The number of alkyl halides is 3. The maximum Gasteiger partial charge on any atom is 0.416 e. The second-order valence-corrected chi connectivity index (χ2v) is 6.18. The molecule has 1 aromatic rings. The van der Waals surface area contributed by atoms with Gasteiger partial charge in [-0.1, -0.05) is 18.2 Å². The van der Waals surface area contributed by atoms with Gasteiger partial charge < -0.3 is 10.0 Å². The summed E-state index contributed by atoms with van der Waals surface area (Å²) >= 11 is 0. The Morgan fingerprint density at radius 3 is 2.61 bits per heavy atom. The van der Waals surface area contributed by atoms with Crippen molar-refractivity contribution in [3.05, 3.63) is 35.4 Å². The summed E-state index contributed by atoms with van der Waals surface area (Å²) in [5.41, 5.74) is -0.188. The predicted octanol–water partition coefficient (Wildman–Crippen LogP) is 2.74. The Morgan fingerprint density at radius 2 is 2.00 bits per heavy atom. The van der Waals surface area contributed by atoms with Crippen molar-refractivity contribution in [1.29, 1.82) is 0 Å². The van der Waals surface area contributed by atoms with E-state index in [9.17, 15) is 22.8 Å². The molecule has 1 heterocycles. The smallest absolute Gasteiger partial charge is 0.416 e. The molecule has 1 aliphatic heterocycles. The third-order valence-corrected chi connectivity index (χ3v) is 4.60. The van der Waals surface area contributed by atoms with Gasteiger partial charge in [-0.3, -0.25) is 9.59 Å². The molecule has 3 atom stereocenters. The molecule has 0 aromatic heterocycles. The molecule has 23 heavy (non-hydrogen) atoms. The summed E-state index contributed by atoms with van der Waals surface area (Å²) in [6.45, 7) is 0.599. The summed E-state index contributed by atoms with van der Waals surface area (Å²) in [6.07, 6.45) is -3.44. The van der Waals surface area contributed by atoms with Crippen LogP contribution in [0.5, 0.6) is 0 Å². The van der Waals surface area contributed by atoms with E-state index < -0.39 is 23.6 Å². The summed E-state index contributed by atoms with van der Waals surface area (Å²) < 4.78 is 38.2. The fourth-order valence-corrected chi connectivity index (χ4v) is 3.18. The van der Waals surface area contributed by atoms with E-state index in [1.165, 1.54) is 11.0 Å². The lowest BCUT2D eigenvalue weighted by atomic mass is 10.1. The van der Waals surface area contributed by atoms with Gasteiger partial charge in [0.1, 0.15) is 0 Å². The first-order chi connectivity index (χ1) is 10.8. The Kier molecular flexibility index (Phi) is 3.82.